The molecule has 0 aliphatic rings. The maximum Gasteiger partial charge on any atom is 0.243 e. The summed E-state index contributed by atoms with van der Waals surface area (Å²) in [5.74, 6) is -0.473. The molecule has 3 aromatic carbocycles. The number of para-hydroxylation sites is 1. The summed E-state index contributed by atoms with van der Waals surface area (Å²) in [7, 11) is 0. The van der Waals surface area contributed by atoms with Crippen LogP contribution in [-0.2, 0) is 11.3 Å². The first kappa shape index (κ1) is 16.7. The fourth-order valence-electron chi connectivity index (χ4n) is 2.59. The van der Waals surface area contributed by atoms with Crippen LogP contribution < -0.4 is 10.2 Å². The summed E-state index contributed by atoms with van der Waals surface area (Å²) in [6.07, 6.45) is 0. The number of hydrogen-bond donors (Lipinski definition) is 1. The number of carbonyl (C=O) groups excluding carboxylic acids is 1. The van der Waals surface area contributed by atoms with Gasteiger partial charge in [0.25, 0.3) is 0 Å². The summed E-state index contributed by atoms with van der Waals surface area (Å²) in [5.41, 5.74) is 2.68. The molecule has 0 heterocycles. The highest BCUT2D eigenvalue weighted by Crippen LogP contribution is 2.17. The molecule has 1 N–H and O–H groups in total. The van der Waals surface area contributed by atoms with Gasteiger partial charge in [0.1, 0.15) is 5.82 Å². The maximum absolute atomic E-state index is 13.0. The Morgan fingerprint density at radius 2 is 1.44 bits per heavy atom. The number of hydrogen-bond acceptors (Lipinski definition) is 2. The lowest BCUT2D eigenvalue weighted by Crippen LogP contribution is -2.32. The molecule has 0 bridgehead atoms. The van der Waals surface area contributed by atoms with Gasteiger partial charge in [-0.15, -0.1) is 0 Å². The van der Waals surface area contributed by atoms with Crippen molar-refractivity contribution >= 4 is 17.3 Å². The molecule has 0 unspecified atom stereocenters. The van der Waals surface area contributed by atoms with Gasteiger partial charge in [-0.2, -0.15) is 0 Å². The zero-order chi connectivity index (χ0) is 17.5. The van der Waals surface area contributed by atoms with Crippen LogP contribution in [0, 0.1) is 5.82 Å². The van der Waals surface area contributed by atoms with Crippen LogP contribution in [0.25, 0.3) is 0 Å². The Balaban J connectivity index is 1.72. The van der Waals surface area contributed by atoms with E-state index in [-0.39, 0.29) is 18.3 Å². The molecule has 25 heavy (non-hydrogen) atoms. The van der Waals surface area contributed by atoms with Crippen LogP contribution in [-0.4, -0.2) is 12.5 Å². The average Bonchev–Trinajstić information content (AvgIpc) is 2.65. The molecule has 1 amide bonds. The Labute approximate surface area is 146 Å². The topological polar surface area (TPSA) is 32.3 Å². The Morgan fingerprint density at radius 3 is 2.08 bits per heavy atom. The van der Waals surface area contributed by atoms with Crippen molar-refractivity contribution in [1.82, 2.24) is 0 Å². The van der Waals surface area contributed by atoms with E-state index in [2.05, 4.69) is 5.32 Å². The number of nitrogens with one attached hydrogen (secondary N) is 1. The third-order valence-electron chi connectivity index (χ3n) is 3.80. The van der Waals surface area contributed by atoms with E-state index in [0.717, 1.165) is 11.3 Å². The third kappa shape index (κ3) is 4.91. The summed E-state index contributed by atoms with van der Waals surface area (Å²) in [5, 5.41) is 2.81. The Kier molecular flexibility index (Phi) is 5.42. The van der Waals surface area contributed by atoms with Gasteiger partial charge in [-0.25, -0.2) is 4.39 Å². The minimum absolute atomic E-state index is 0.147. The van der Waals surface area contributed by atoms with E-state index in [9.17, 15) is 9.18 Å². The molecule has 126 valence electrons. The van der Waals surface area contributed by atoms with Crippen molar-refractivity contribution in [3.05, 3.63) is 96.3 Å². The highest BCUT2D eigenvalue weighted by Gasteiger charge is 2.12. The average molecular weight is 334 g/mol. The fourth-order valence-corrected chi connectivity index (χ4v) is 2.59. The van der Waals surface area contributed by atoms with Gasteiger partial charge in [0, 0.05) is 17.9 Å². The molecule has 3 aromatic rings. The van der Waals surface area contributed by atoms with Crippen molar-refractivity contribution < 1.29 is 9.18 Å². The van der Waals surface area contributed by atoms with Crippen LogP contribution in [0.5, 0.6) is 0 Å². The molecule has 0 saturated heterocycles. The van der Waals surface area contributed by atoms with Crippen LogP contribution in [0.4, 0.5) is 15.8 Å². The molecule has 4 heteroatoms. The molecule has 0 saturated carbocycles. The lowest BCUT2D eigenvalue weighted by atomic mass is 10.2. The second-order valence-electron chi connectivity index (χ2n) is 5.73. The Bertz CT molecular complexity index is 804. The van der Waals surface area contributed by atoms with E-state index in [0.29, 0.717) is 12.2 Å². The number of benzene rings is 3. The van der Waals surface area contributed by atoms with E-state index < -0.39 is 0 Å². The zero-order valence-electron chi connectivity index (χ0n) is 13.7. The van der Waals surface area contributed by atoms with Gasteiger partial charge in [-0.3, -0.25) is 4.79 Å². The first-order chi connectivity index (χ1) is 12.2. The largest absolute Gasteiger partial charge is 0.358 e. The minimum Gasteiger partial charge on any atom is -0.358 e. The lowest BCUT2D eigenvalue weighted by Gasteiger charge is -2.24. The molecule has 0 fully saturated rings. The molecule has 0 aliphatic carbocycles. The first-order valence-electron chi connectivity index (χ1n) is 8.10. The Hall–Kier alpha value is -3.14. The molecule has 0 aliphatic heterocycles. The second kappa shape index (κ2) is 8.11. The summed E-state index contributed by atoms with van der Waals surface area (Å²) in [6, 6.07) is 25.6. The molecule has 3 rings (SSSR count). The summed E-state index contributed by atoms with van der Waals surface area (Å²) in [4.78, 5) is 14.4. The molecule has 0 atom stereocenters. The number of amides is 1. The first-order valence-corrected chi connectivity index (χ1v) is 8.10. The van der Waals surface area contributed by atoms with Crippen LogP contribution in [0.1, 0.15) is 5.56 Å². The van der Waals surface area contributed by atoms with Gasteiger partial charge < -0.3 is 10.2 Å². The number of nitrogens with zero attached hydrogens (tertiary/aromatic N) is 1. The van der Waals surface area contributed by atoms with E-state index in [4.69, 9.17) is 0 Å². The summed E-state index contributed by atoms with van der Waals surface area (Å²) in [6.45, 7) is 0.831. The summed E-state index contributed by atoms with van der Waals surface area (Å²) < 4.78 is 13.0. The van der Waals surface area contributed by atoms with Gasteiger partial charge in [-0.05, 0) is 42.0 Å². The number of rotatable bonds is 6. The monoisotopic (exact) mass is 334 g/mol. The van der Waals surface area contributed by atoms with Gasteiger partial charge in [0.05, 0.1) is 6.54 Å². The van der Waals surface area contributed by atoms with E-state index in [1.807, 2.05) is 65.6 Å². The van der Waals surface area contributed by atoms with Crippen molar-refractivity contribution in [3.63, 3.8) is 0 Å². The molecular weight excluding hydrogens is 315 g/mol. The molecule has 3 nitrogen and oxygen atoms in total. The quantitative estimate of drug-likeness (QED) is 0.721. The number of carbonyl (C=O) groups is 1. The third-order valence-corrected chi connectivity index (χ3v) is 3.80. The highest BCUT2D eigenvalue weighted by molar-refractivity contribution is 5.94. The molecule has 0 aromatic heterocycles. The summed E-state index contributed by atoms with van der Waals surface area (Å²) >= 11 is 0. The maximum atomic E-state index is 13.0. The van der Waals surface area contributed by atoms with Crippen molar-refractivity contribution in [3.8, 4) is 0 Å². The fraction of sp³-hybridized carbons (Fsp3) is 0.0952. The van der Waals surface area contributed by atoms with Crippen molar-refractivity contribution in [2.24, 2.45) is 0 Å². The molecular formula is C21H19FN2O. The highest BCUT2D eigenvalue weighted by atomic mass is 19.1. The zero-order valence-corrected chi connectivity index (χ0v) is 13.7. The van der Waals surface area contributed by atoms with Crippen LogP contribution in [0.3, 0.4) is 0 Å². The van der Waals surface area contributed by atoms with Crippen molar-refractivity contribution in [1.29, 1.82) is 0 Å². The smallest absolute Gasteiger partial charge is 0.243 e. The van der Waals surface area contributed by atoms with E-state index in [1.165, 1.54) is 12.1 Å². The van der Waals surface area contributed by atoms with Gasteiger partial charge >= 0.3 is 0 Å². The van der Waals surface area contributed by atoms with Crippen LogP contribution >= 0.6 is 0 Å². The number of halogens is 1. The van der Waals surface area contributed by atoms with Crippen LogP contribution in [0.15, 0.2) is 84.9 Å². The van der Waals surface area contributed by atoms with Gasteiger partial charge in [-0.1, -0.05) is 48.5 Å². The number of anilines is 2. The molecule has 0 spiro atoms. The van der Waals surface area contributed by atoms with Crippen molar-refractivity contribution in [2.45, 2.75) is 6.54 Å². The predicted octanol–water partition coefficient (Wildman–Crippen LogP) is 4.47. The van der Waals surface area contributed by atoms with E-state index in [1.54, 1.807) is 12.1 Å². The van der Waals surface area contributed by atoms with Crippen LogP contribution in [0.2, 0.25) is 0 Å². The lowest BCUT2D eigenvalue weighted by molar-refractivity contribution is -0.115. The van der Waals surface area contributed by atoms with Gasteiger partial charge in [0.15, 0.2) is 0 Å². The normalized spacial score (nSPS) is 10.3. The predicted molar refractivity (Wildman–Crippen MR) is 99.0 cm³/mol. The van der Waals surface area contributed by atoms with Gasteiger partial charge in [0.2, 0.25) is 5.91 Å². The SMILES string of the molecule is O=C(CN(Cc1ccccc1)c1ccccc1)Nc1ccc(F)cc1. The molecule has 0 radical (unpaired) electrons. The van der Waals surface area contributed by atoms with E-state index >= 15 is 0 Å². The standard InChI is InChI=1S/C21H19FN2O/c22-18-11-13-19(14-12-18)23-21(25)16-24(20-9-5-2-6-10-20)15-17-7-3-1-4-8-17/h1-14H,15-16H2,(H,23,25). The van der Waals surface area contributed by atoms with Crippen molar-refractivity contribution in [2.75, 3.05) is 16.8 Å². The Morgan fingerprint density at radius 1 is 0.840 bits per heavy atom. The minimum atomic E-state index is -0.326. The second-order valence-corrected chi connectivity index (χ2v) is 5.73.